The van der Waals surface area contributed by atoms with Crippen LogP contribution in [0.5, 0.6) is 0 Å². The van der Waals surface area contributed by atoms with E-state index < -0.39 is 0 Å². The molecule has 0 saturated heterocycles. The predicted octanol–water partition coefficient (Wildman–Crippen LogP) is 3.44. The van der Waals surface area contributed by atoms with Crippen LogP contribution in [0, 0.1) is 5.92 Å². The van der Waals surface area contributed by atoms with Gasteiger partial charge in [0.25, 0.3) is 0 Å². The normalized spacial score (nSPS) is 12.2. The Morgan fingerprint density at radius 3 is 3.00 bits per heavy atom. The smallest absolute Gasteiger partial charge is 0.338 e. The molecule has 0 aliphatic carbocycles. The first-order valence-electron chi connectivity index (χ1n) is 5.42. The highest BCUT2D eigenvalue weighted by Gasteiger charge is 2.09. The lowest BCUT2D eigenvalue weighted by Gasteiger charge is -2.10. The quantitative estimate of drug-likeness (QED) is 0.615. The van der Waals surface area contributed by atoms with Gasteiger partial charge in [0.15, 0.2) is 0 Å². The molecule has 0 aliphatic rings. The maximum absolute atomic E-state index is 11.6. The number of carbonyl (C=O) groups excluding carboxylic acids is 1. The predicted molar refractivity (Wildman–Crippen MR) is 66.3 cm³/mol. The molecule has 0 fully saturated rings. The number of pyridine rings is 1. The van der Waals surface area contributed by atoms with Gasteiger partial charge in [-0.3, -0.25) is 0 Å². The number of nitrogens with zero attached hydrogens (tertiary/aromatic N) is 1. The Labute approximate surface area is 104 Å². The van der Waals surface area contributed by atoms with Crippen molar-refractivity contribution in [3.63, 3.8) is 0 Å². The van der Waals surface area contributed by atoms with Crippen LogP contribution in [0.15, 0.2) is 22.9 Å². The number of aromatic nitrogens is 1. The lowest BCUT2D eigenvalue weighted by atomic mass is 10.1. The summed E-state index contributed by atoms with van der Waals surface area (Å²) < 4.78 is 5.85. The van der Waals surface area contributed by atoms with Crippen molar-refractivity contribution in [3.05, 3.63) is 28.5 Å². The van der Waals surface area contributed by atoms with Crippen LogP contribution >= 0.6 is 15.9 Å². The van der Waals surface area contributed by atoms with Crippen LogP contribution in [0.3, 0.4) is 0 Å². The third kappa shape index (κ3) is 4.31. The van der Waals surface area contributed by atoms with E-state index in [0.29, 0.717) is 22.7 Å². The van der Waals surface area contributed by atoms with Crippen molar-refractivity contribution in [2.75, 3.05) is 6.61 Å². The lowest BCUT2D eigenvalue weighted by molar-refractivity contribution is 0.0443. The fourth-order valence-electron chi connectivity index (χ4n) is 1.41. The average molecular weight is 286 g/mol. The van der Waals surface area contributed by atoms with Gasteiger partial charge in [-0.25, -0.2) is 9.78 Å². The molecule has 88 valence electrons. The third-order valence-electron chi connectivity index (χ3n) is 2.24. The SMILES string of the molecule is CCCC(C)COC(=O)c1ccnc(Br)c1. The Hall–Kier alpha value is -0.900. The molecule has 0 spiro atoms. The van der Waals surface area contributed by atoms with Gasteiger partial charge >= 0.3 is 5.97 Å². The molecule has 1 aromatic rings. The van der Waals surface area contributed by atoms with Crippen LogP contribution in [-0.4, -0.2) is 17.6 Å². The topological polar surface area (TPSA) is 39.2 Å². The first kappa shape index (κ1) is 13.2. The minimum absolute atomic E-state index is 0.286. The van der Waals surface area contributed by atoms with Gasteiger partial charge in [0.1, 0.15) is 4.60 Å². The number of hydrogen-bond acceptors (Lipinski definition) is 3. The first-order chi connectivity index (χ1) is 7.63. The summed E-state index contributed by atoms with van der Waals surface area (Å²) in [6.45, 7) is 4.68. The second-order valence-electron chi connectivity index (χ2n) is 3.86. The highest BCUT2D eigenvalue weighted by Crippen LogP contribution is 2.11. The van der Waals surface area contributed by atoms with Crippen LogP contribution in [0.2, 0.25) is 0 Å². The van der Waals surface area contributed by atoms with E-state index in [1.165, 1.54) is 0 Å². The maximum Gasteiger partial charge on any atom is 0.338 e. The third-order valence-corrected chi connectivity index (χ3v) is 2.68. The summed E-state index contributed by atoms with van der Waals surface area (Å²) >= 11 is 3.22. The van der Waals surface area contributed by atoms with Crippen molar-refractivity contribution in [3.8, 4) is 0 Å². The summed E-state index contributed by atoms with van der Waals surface area (Å²) in [5.41, 5.74) is 0.533. The Morgan fingerprint density at radius 1 is 1.62 bits per heavy atom. The van der Waals surface area contributed by atoms with E-state index in [4.69, 9.17) is 4.74 Å². The maximum atomic E-state index is 11.6. The van der Waals surface area contributed by atoms with Gasteiger partial charge in [-0.1, -0.05) is 20.3 Å². The monoisotopic (exact) mass is 285 g/mol. The number of carbonyl (C=O) groups is 1. The second kappa shape index (κ2) is 6.63. The molecule has 1 unspecified atom stereocenters. The summed E-state index contributed by atoms with van der Waals surface area (Å²) in [5, 5.41) is 0. The largest absolute Gasteiger partial charge is 0.462 e. The number of ether oxygens (including phenoxy) is 1. The second-order valence-corrected chi connectivity index (χ2v) is 4.67. The van der Waals surface area contributed by atoms with Gasteiger partial charge in [-0.2, -0.15) is 0 Å². The van der Waals surface area contributed by atoms with Crippen LogP contribution < -0.4 is 0 Å². The Kier molecular flexibility index (Phi) is 5.46. The molecule has 1 aromatic heterocycles. The molecule has 1 heterocycles. The fourth-order valence-corrected chi connectivity index (χ4v) is 1.77. The zero-order valence-corrected chi connectivity index (χ0v) is 11.2. The molecule has 0 aromatic carbocycles. The molecule has 0 N–H and O–H groups in total. The minimum atomic E-state index is -0.286. The lowest BCUT2D eigenvalue weighted by Crippen LogP contribution is -2.12. The highest BCUT2D eigenvalue weighted by molar-refractivity contribution is 9.10. The Morgan fingerprint density at radius 2 is 2.38 bits per heavy atom. The zero-order chi connectivity index (χ0) is 12.0. The van der Waals surface area contributed by atoms with E-state index in [1.807, 2.05) is 0 Å². The van der Waals surface area contributed by atoms with Crippen molar-refractivity contribution in [1.82, 2.24) is 4.98 Å². The molecule has 0 radical (unpaired) electrons. The van der Waals surface area contributed by atoms with Gasteiger partial charge in [0.05, 0.1) is 12.2 Å². The average Bonchev–Trinajstić information content (AvgIpc) is 2.26. The molecule has 0 bridgehead atoms. The molecule has 1 atom stereocenters. The molecular weight excluding hydrogens is 270 g/mol. The zero-order valence-electron chi connectivity index (χ0n) is 9.57. The van der Waals surface area contributed by atoms with Gasteiger partial charge in [0.2, 0.25) is 0 Å². The summed E-state index contributed by atoms with van der Waals surface area (Å²) in [6.07, 6.45) is 3.77. The van der Waals surface area contributed by atoms with Crippen molar-refractivity contribution in [2.45, 2.75) is 26.7 Å². The fraction of sp³-hybridized carbons (Fsp3) is 0.500. The van der Waals surface area contributed by atoms with Crippen molar-refractivity contribution in [2.24, 2.45) is 5.92 Å². The van der Waals surface area contributed by atoms with E-state index in [1.54, 1.807) is 18.3 Å². The molecule has 16 heavy (non-hydrogen) atoms. The molecule has 4 heteroatoms. The van der Waals surface area contributed by atoms with E-state index in [-0.39, 0.29) is 5.97 Å². The van der Waals surface area contributed by atoms with Crippen LogP contribution in [0.4, 0.5) is 0 Å². The molecule has 0 amide bonds. The summed E-state index contributed by atoms with van der Waals surface area (Å²) in [7, 11) is 0. The first-order valence-corrected chi connectivity index (χ1v) is 6.21. The Balaban J connectivity index is 2.47. The van der Waals surface area contributed by atoms with E-state index in [2.05, 4.69) is 34.8 Å². The van der Waals surface area contributed by atoms with E-state index in [0.717, 1.165) is 12.8 Å². The molecule has 3 nitrogen and oxygen atoms in total. The summed E-state index contributed by atoms with van der Waals surface area (Å²) in [4.78, 5) is 15.6. The van der Waals surface area contributed by atoms with Gasteiger partial charge < -0.3 is 4.74 Å². The van der Waals surface area contributed by atoms with Crippen LogP contribution in [-0.2, 0) is 4.74 Å². The van der Waals surface area contributed by atoms with E-state index >= 15 is 0 Å². The summed E-state index contributed by atoms with van der Waals surface area (Å²) in [5.74, 6) is 0.130. The van der Waals surface area contributed by atoms with Crippen LogP contribution in [0.25, 0.3) is 0 Å². The highest BCUT2D eigenvalue weighted by atomic mass is 79.9. The van der Waals surface area contributed by atoms with Crippen molar-refractivity contribution in [1.29, 1.82) is 0 Å². The number of hydrogen-bond donors (Lipinski definition) is 0. The van der Waals surface area contributed by atoms with E-state index in [9.17, 15) is 4.79 Å². The molecular formula is C12H16BrNO2. The van der Waals surface area contributed by atoms with Gasteiger partial charge in [-0.15, -0.1) is 0 Å². The minimum Gasteiger partial charge on any atom is -0.462 e. The molecule has 1 rings (SSSR count). The standard InChI is InChI=1S/C12H16BrNO2/c1-3-4-9(2)8-16-12(15)10-5-6-14-11(13)7-10/h5-7,9H,3-4,8H2,1-2H3. The number of halogens is 1. The number of rotatable bonds is 5. The van der Waals surface area contributed by atoms with Gasteiger partial charge in [0, 0.05) is 6.20 Å². The summed E-state index contributed by atoms with van der Waals surface area (Å²) in [6, 6.07) is 3.31. The Bertz CT molecular complexity index is 355. The van der Waals surface area contributed by atoms with Crippen molar-refractivity contribution < 1.29 is 9.53 Å². The molecule has 0 aliphatic heterocycles. The van der Waals surface area contributed by atoms with Crippen LogP contribution in [0.1, 0.15) is 37.0 Å². The van der Waals surface area contributed by atoms with Gasteiger partial charge in [-0.05, 0) is 40.4 Å². The molecule has 0 saturated carbocycles. The van der Waals surface area contributed by atoms with Crippen molar-refractivity contribution >= 4 is 21.9 Å². The number of esters is 1.